The van der Waals surface area contributed by atoms with Gasteiger partial charge in [-0.2, -0.15) is 0 Å². The van der Waals surface area contributed by atoms with Crippen LogP contribution in [-0.2, 0) is 6.54 Å². The Morgan fingerprint density at radius 3 is 2.64 bits per heavy atom. The normalized spacial score (nSPS) is 10.3. The fourth-order valence-corrected chi connectivity index (χ4v) is 1.39. The maximum Gasteiger partial charge on any atom is 0.129 e. The Morgan fingerprint density at radius 2 is 2.07 bits per heavy atom. The Morgan fingerprint density at radius 1 is 1.36 bits per heavy atom. The van der Waals surface area contributed by atoms with Crippen LogP contribution in [0.1, 0.15) is 12.5 Å². The molecule has 3 heteroatoms. The van der Waals surface area contributed by atoms with Crippen molar-refractivity contribution in [3.63, 3.8) is 0 Å². The highest BCUT2D eigenvalue weighted by Crippen LogP contribution is 2.20. The van der Waals surface area contributed by atoms with Crippen LogP contribution in [0, 0.1) is 5.82 Å². The zero-order chi connectivity index (χ0) is 10.6. The Balaban J connectivity index is 2.96. The molecule has 0 bridgehead atoms. The van der Waals surface area contributed by atoms with Crippen LogP contribution in [0.4, 0.5) is 10.1 Å². The van der Waals surface area contributed by atoms with Gasteiger partial charge in [0.25, 0.3) is 0 Å². The van der Waals surface area contributed by atoms with Gasteiger partial charge in [0.05, 0.1) is 0 Å². The van der Waals surface area contributed by atoms with E-state index in [9.17, 15) is 4.39 Å². The first-order valence-corrected chi connectivity index (χ1v) is 4.82. The van der Waals surface area contributed by atoms with Gasteiger partial charge in [-0.25, -0.2) is 4.39 Å². The summed E-state index contributed by atoms with van der Waals surface area (Å²) in [4.78, 5) is 1.93. The van der Waals surface area contributed by atoms with Crippen molar-refractivity contribution in [1.29, 1.82) is 0 Å². The van der Waals surface area contributed by atoms with Crippen molar-refractivity contribution < 1.29 is 4.39 Å². The van der Waals surface area contributed by atoms with E-state index in [-0.39, 0.29) is 5.82 Å². The standard InChI is InChI=1S/C11H17FN2/c1-4-13-8-9-10(12)6-5-7-11(9)14(2)3/h5-7,13H,4,8H2,1-3H3. The summed E-state index contributed by atoms with van der Waals surface area (Å²) >= 11 is 0. The number of benzene rings is 1. The molecule has 0 spiro atoms. The molecule has 0 fully saturated rings. The van der Waals surface area contributed by atoms with Gasteiger partial charge in [0.1, 0.15) is 5.82 Å². The molecule has 78 valence electrons. The summed E-state index contributed by atoms with van der Waals surface area (Å²) in [6.45, 7) is 3.44. The van der Waals surface area contributed by atoms with Crippen LogP contribution < -0.4 is 10.2 Å². The number of nitrogens with one attached hydrogen (secondary N) is 1. The summed E-state index contributed by atoms with van der Waals surface area (Å²) in [6, 6.07) is 5.16. The van der Waals surface area contributed by atoms with Crippen molar-refractivity contribution in [3.05, 3.63) is 29.6 Å². The monoisotopic (exact) mass is 196 g/mol. The lowest BCUT2D eigenvalue weighted by Crippen LogP contribution is -2.18. The molecular weight excluding hydrogens is 179 g/mol. The minimum Gasteiger partial charge on any atom is -0.377 e. The van der Waals surface area contributed by atoms with Crippen LogP contribution in [0.3, 0.4) is 0 Å². The molecule has 1 aromatic rings. The fraction of sp³-hybridized carbons (Fsp3) is 0.455. The zero-order valence-electron chi connectivity index (χ0n) is 8.97. The van der Waals surface area contributed by atoms with Gasteiger partial charge in [-0.1, -0.05) is 13.0 Å². The van der Waals surface area contributed by atoms with Crippen molar-refractivity contribution in [2.24, 2.45) is 0 Å². The Kier molecular flexibility index (Phi) is 3.89. The molecule has 0 heterocycles. The highest BCUT2D eigenvalue weighted by Gasteiger charge is 2.08. The number of anilines is 1. The van der Waals surface area contributed by atoms with E-state index < -0.39 is 0 Å². The summed E-state index contributed by atoms with van der Waals surface area (Å²) in [6.07, 6.45) is 0. The Hall–Kier alpha value is -1.09. The number of hydrogen-bond donors (Lipinski definition) is 1. The van der Waals surface area contributed by atoms with Crippen molar-refractivity contribution in [2.45, 2.75) is 13.5 Å². The molecule has 1 N–H and O–H groups in total. The van der Waals surface area contributed by atoms with E-state index in [1.54, 1.807) is 6.07 Å². The smallest absolute Gasteiger partial charge is 0.129 e. The van der Waals surface area contributed by atoms with Crippen molar-refractivity contribution in [1.82, 2.24) is 5.32 Å². The third kappa shape index (κ3) is 2.45. The maximum atomic E-state index is 13.5. The van der Waals surface area contributed by atoms with Crippen LogP contribution in [0.15, 0.2) is 18.2 Å². The van der Waals surface area contributed by atoms with E-state index in [4.69, 9.17) is 0 Å². The van der Waals surface area contributed by atoms with Gasteiger partial charge >= 0.3 is 0 Å². The Bertz CT molecular complexity index is 297. The van der Waals surface area contributed by atoms with Gasteiger partial charge in [0.2, 0.25) is 0 Å². The predicted molar refractivity (Wildman–Crippen MR) is 58.1 cm³/mol. The van der Waals surface area contributed by atoms with E-state index in [0.29, 0.717) is 6.54 Å². The third-order valence-electron chi connectivity index (χ3n) is 2.13. The molecule has 0 saturated heterocycles. The Labute approximate surface area is 84.7 Å². The molecule has 14 heavy (non-hydrogen) atoms. The number of hydrogen-bond acceptors (Lipinski definition) is 2. The summed E-state index contributed by atoms with van der Waals surface area (Å²) in [7, 11) is 3.84. The van der Waals surface area contributed by atoms with Gasteiger partial charge in [-0.05, 0) is 18.7 Å². The van der Waals surface area contributed by atoms with E-state index >= 15 is 0 Å². The molecule has 1 rings (SSSR count). The van der Waals surface area contributed by atoms with Crippen LogP contribution in [0.2, 0.25) is 0 Å². The number of halogens is 1. The molecule has 0 aliphatic carbocycles. The SMILES string of the molecule is CCNCc1c(F)cccc1N(C)C. The van der Waals surface area contributed by atoms with E-state index in [1.165, 1.54) is 6.07 Å². The van der Waals surface area contributed by atoms with Gasteiger partial charge < -0.3 is 10.2 Å². The molecule has 0 amide bonds. The minimum absolute atomic E-state index is 0.142. The minimum atomic E-state index is -0.142. The lowest BCUT2D eigenvalue weighted by molar-refractivity contribution is 0.593. The highest BCUT2D eigenvalue weighted by molar-refractivity contribution is 5.52. The molecule has 0 unspecified atom stereocenters. The summed E-state index contributed by atoms with van der Waals surface area (Å²) in [5.74, 6) is -0.142. The molecule has 0 atom stereocenters. The molecule has 0 aliphatic rings. The van der Waals surface area contributed by atoms with Crippen LogP contribution >= 0.6 is 0 Å². The topological polar surface area (TPSA) is 15.3 Å². The largest absolute Gasteiger partial charge is 0.377 e. The lowest BCUT2D eigenvalue weighted by Gasteiger charge is -2.18. The van der Waals surface area contributed by atoms with Gasteiger partial charge in [-0.3, -0.25) is 0 Å². The lowest BCUT2D eigenvalue weighted by atomic mass is 10.1. The third-order valence-corrected chi connectivity index (χ3v) is 2.13. The number of rotatable bonds is 4. The van der Waals surface area contributed by atoms with E-state index in [0.717, 1.165) is 17.8 Å². The van der Waals surface area contributed by atoms with Gasteiger partial charge in [-0.15, -0.1) is 0 Å². The maximum absolute atomic E-state index is 13.5. The van der Waals surface area contributed by atoms with Gasteiger partial charge in [0.15, 0.2) is 0 Å². The summed E-state index contributed by atoms with van der Waals surface area (Å²) < 4.78 is 13.5. The molecule has 1 aromatic carbocycles. The fourth-order valence-electron chi connectivity index (χ4n) is 1.39. The van der Waals surface area contributed by atoms with Crippen LogP contribution in [0.5, 0.6) is 0 Å². The van der Waals surface area contributed by atoms with Gasteiger partial charge in [0, 0.05) is 31.9 Å². The second kappa shape index (κ2) is 4.96. The molecule has 0 saturated carbocycles. The summed E-state index contributed by atoms with van der Waals surface area (Å²) in [5, 5.41) is 3.13. The quantitative estimate of drug-likeness (QED) is 0.792. The van der Waals surface area contributed by atoms with Crippen LogP contribution in [-0.4, -0.2) is 20.6 Å². The molecule has 0 aliphatic heterocycles. The highest BCUT2D eigenvalue weighted by atomic mass is 19.1. The average molecular weight is 196 g/mol. The number of nitrogens with zero attached hydrogens (tertiary/aromatic N) is 1. The first-order valence-electron chi connectivity index (χ1n) is 4.82. The zero-order valence-corrected chi connectivity index (χ0v) is 8.97. The summed E-state index contributed by atoms with van der Waals surface area (Å²) in [5.41, 5.74) is 1.67. The first kappa shape index (κ1) is 11.0. The van der Waals surface area contributed by atoms with E-state index in [1.807, 2.05) is 32.0 Å². The van der Waals surface area contributed by atoms with Crippen molar-refractivity contribution >= 4 is 5.69 Å². The molecule has 0 radical (unpaired) electrons. The second-order valence-electron chi connectivity index (χ2n) is 3.41. The predicted octanol–water partition coefficient (Wildman–Crippen LogP) is 2.00. The first-order chi connectivity index (χ1) is 6.66. The second-order valence-corrected chi connectivity index (χ2v) is 3.41. The molecule has 2 nitrogen and oxygen atoms in total. The van der Waals surface area contributed by atoms with Crippen molar-refractivity contribution in [3.8, 4) is 0 Å². The van der Waals surface area contributed by atoms with Crippen LogP contribution in [0.25, 0.3) is 0 Å². The molecule has 0 aromatic heterocycles. The van der Waals surface area contributed by atoms with E-state index in [2.05, 4.69) is 5.32 Å². The average Bonchev–Trinajstić information content (AvgIpc) is 2.15. The van der Waals surface area contributed by atoms with Crippen molar-refractivity contribution in [2.75, 3.05) is 25.5 Å². The molecular formula is C11H17FN2.